The third-order valence-electron chi connectivity index (χ3n) is 5.57. The summed E-state index contributed by atoms with van der Waals surface area (Å²) < 4.78 is 0. The highest BCUT2D eigenvalue weighted by Crippen LogP contribution is 2.52. The van der Waals surface area contributed by atoms with Crippen molar-refractivity contribution in [3.8, 4) is 0 Å². The van der Waals surface area contributed by atoms with Crippen LogP contribution in [-0.2, 0) is 0 Å². The zero-order valence-electron chi connectivity index (χ0n) is 17.1. The van der Waals surface area contributed by atoms with E-state index >= 15 is 0 Å². The minimum Gasteiger partial charge on any atom is -0.328 e. The van der Waals surface area contributed by atoms with Gasteiger partial charge in [-0.25, -0.2) is 0 Å². The van der Waals surface area contributed by atoms with Crippen molar-refractivity contribution in [2.24, 2.45) is 0 Å². The van der Waals surface area contributed by atoms with Crippen LogP contribution in [0.4, 0.5) is 0 Å². The molecule has 1 aliphatic rings. The number of nitrogens with zero attached hydrogens (tertiary/aromatic N) is 1. The van der Waals surface area contributed by atoms with Crippen molar-refractivity contribution < 1.29 is 9.82 Å². The van der Waals surface area contributed by atoms with Crippen LogP contribution in [-0.4, -0.2) is 31.1 Å². The topological polar surface area (TPSA) is 47.6 Å². The molecule has 0 unspecified atom stereocenters. The van der Waals surface area contributed by atoms with E-state index in [1.165, 1.54) is 0 Å². The highest BCUT2D eigenvalue weighted by atomic mass is 32.2. The van der Waals surface area contributed by atoms with Crippen LogP contribution in [0.2, 0.25) is 0 Å². The van der Waals surface area contributed by atoms with Gasteiger partial charge in [0.1, 0.15) is 5.25 Å². The Labute approximate surface area is 181 Å². The SMILES string of the molecule is C[NH+](C)[C@@H]1C(c2ccccc2)=C(c2ccccc2)S[C@@H](c2ccccc2)[C@H]1[N+](=O)[O-]. The Hall–Kier alpha value is -2.89. The average molecular weight is 418 g/mol. The molecule has 3 aromatic rings. The lowest BCUT2D eigenvalue weighted by Gasteiger charge is -2.37. The molecule has 0 saturated carbocycles. The van der Waals surface area contributed by atoms with Crippen molar-refractivity contribution in [3.63, 3.8) is 0 Å². The average Bonchev–Trinajstić information content (AvgIpc) is 2.79. The van der Waals surface area contributed by atoms with Gasteiger partial charge in [0.25, 0.3) is 6.04 Å². The molecule has 5 heteroatoms. The van der Waals surface area contributed by atoms with Gasteiger partial charge in [-0.2, -0.15) is 0 Å². The summed E-state index contributed by atoms with van der Waals surface area (Å²) in [6.45, 7) is 0. The van der Waals surface area contributed by atoms with Crippen LogP contribution in [0.5, 0.6) is 0 Å². The Morgan fingerprint density at radius 2 is 1.30 bits per heavy atom. The van der Waals surface area contributed by atoms with Gasteiger partial charge in [0.05, 0.1) is 14.1 Å². The van der Waals surface area contributed by atoms with Gasteiger partial charge in [-0.15, -0.1) is 11.8 Å². The molecule has 3 aromatic carbocycles. The van der Waals surface area contributed by atoms with Gasteiger partial charge in [0.15, 0.2) is 6.04 Å². The lowest BCUT2D eigenvalue weighted by molar-refractivity contribution is -0.890. The summed E-state index contributed by atoms with van der Waals surface area (Å²) in [5, 5.41) is 12.2. The molecule has 0 amide bonds. The summed E-state index contributed by atoms with van der Waals surface area (Å²) in [5.41, 5.74) is 4.21. The number of quaternary nitrogens is 1. The summed E-state index contributed by atoms with van der Waals surface area (Å²) in [4.78, 5) is 14.5. The number of thioether (sulfide) groups is 1. The standard InChI is InChI=1S/C25H24N2O2S/c1-26(2)22-21(18-12-6-3-7-13-18)24(19-14-8-4-9-15-19)30-25(23(22)27(28)29)20-16-10-5-11-17-20/h3-17,22-23,25H,1-2H3/p+1/t22-,23+,25+/m1/s1. The quantitative estimate of drug-likeness (QED) is 0.500. The molecule has 30 heavy (non-hydrogen) atoms. The van der Waals surface area contributed by atoms with E-state index in [0.717, 1.165) is 32.1 Å². The van der Waals surface area contributed by atoms with Crippen LogP contribution in [0.25, 0.3) is 10.5 Å². The highest BCUT2D eigenvalue weighted by molar-refractivity contribution is 8.08. The predicted octanol–water partition coefficient (Wildman–Crippen LogP) is 4.20. The fourth-order valence-electron chi connectivity index (χ4n) is 4.26. The molecule has 0 aliphatic carbocycles. The third-order valence-corrected chi connectivity index (χ3v) is 7.06. The van der Waals surface area contributed by atoms with Crippen LogP contribution in [0.1, 0.15) is 21.9 Å². The second-order valence-corrected chi connectivity index (χ2v) is 8.91. The molecule has 0 spiro atoms. The van der Waals surface area contributed by atoms with Gasteiger partial charge in [-0.3, -0.25) is 10.1 Å². The number of nitrogens with one attached hydrogen (secondary N) is 1. The maximum Gasteiger partial charge on any atom is 0.284 e. The number of rotatable bonds is 5. The zero-order valence-corrected chi connectivity index (χ0v) is 17.9. The first-order valence-electron chi connectivity index (χ1n) is 10.1. The summed E-state index contributed by atoms with van der Waals surface area (Å²) in [6.07, 6.45) is 0. The van der Waals surface area contributed by atoms with Crippen LogP contribution >= 0.6 is 11.8 Å². The molecule has 4 rings (SSSR count). The molecule has 0 bridgehead atoms. The molecular weight excluding hydrogens is 392 g/mol. The normalized spacial score (nSPS) is 21.6. The van der Waals surface area contributed by atoms with E-state index in [-0.39, 0.29) is 16.2 Å². The molecule has 1 N–H and O–H groups in total. The van der Waals surface area contributed by atoms with E-state index in [1.807, 2.05) is 80.8 Å². The molecule has 1 aliphatic heterocycles. The lowest BCUT2D eigenvalue weighted by atomic mass is 9.86. The molecular formula is C25H25N2O2S+. The van der Waals surface area contributed by atoms with E-state index in [4.69, 9.17) is 0 Å². The fourth-order valence-corrected chi connectivity index (χ4v) is 5.85. The maximum atomic E-state index is 12.4. The fraction of sp³-hybridized carbons (Fsp3) is 0.200. The number of benzene rings is 3. The third kappa shape index (κ3) is 3.91. The van der Waals surface area contributed by atoms with Gasteiger partial charge in [0, 0.05) is 15.4 Å². The Morgan fingerprint density at radius 1 is 0.800 bits per heavy atom. The minimum atomic E-state index is -0.731. The first kappa shape index (κ1) is 20.4. The number of hydrogen-bond acceptors (Lipinski definition) is 3. The molecule has 0 radical (unpaired) electrons. The molecule has 1 heterocycles. The summed E-state index contributed by atoms with van der Waals surface area (Å²) in [7, 11) is 4.04. The van der Waals surface area contributed by atoms with Gasteiger partial charge in [0.2, 0.25) is 0 Å². The van der Waals surface area contributed by atoms with Crippen LogP contribution in [0, 0.1) is 10.1 Å². The Morgan fingerprint density at radius 3 is 1.80 bits per heavy atom. The summed E-state index contributed by atoms with van der Waals surface area (Å²) in [5.74, 6) is 0. The Bertz CT molecular complexity index is 1040. The number of hydrogen-bond donors (Lipinski definition) is 1. The minimum absolute atomic E-state index is 0.0763. The highest BCUT2D eigenvalue weighted by Gasteiger charge is 2.51. The largest absolute Gasteiger partial charge is 0.328 e. The van der Waals surface area contributed by atoms with Gasteiger partial charge >= 0.3 is 0 Å². The van der Waals surface area contributed by atoms with E-state index in [2.05, 4.69) is 24.3 Å². The predicted molar refractivity (Wildman–Crippen MR) is 124 cm³/mol. The summed E-state index contributed by atoms with van der Waals surface area (Å²) >= 11 is 1.62. The van der Waals surface area contributed by atoms with Crippen LogP contribution < -0.4 is 4.90 Å². The molecule has 0 aromatic heterocycles. The second kappa shape index (κ2) is 8.86. The monoisotopic (exact) mass is 417 g/mol. The van der Waals surface area contributed by atoms with Crippen molar-refractivity contribution in [1.29, 1.82) is 0 Å². The second-order valence-electron chi connectivity index (χ2n) is 7.75. The number of likely N-dealkylation sites (N-methyl/N-ethyl adjacent to an activating group) is 1. The van der Waals surface area contributed by atoms with E-state index in [9.17, 15) is 10.1 Å². The van der Waals surface area contributed by atoms with Gasteiger partial charge in [-0.1, -0.05) is 91.0 Å². The van der Waals surface area contributed by atoms with Crippen molar-refractivity contribution in [1.82, 2.24) is 0 Å². The van der Waals surface area contributed by atoms with E-state index in [1.54, 1.807) is 11.8 Å². The van der Waals surface area contributed by atoms with Crippen molar-refractivity contribution in [2.75, 3.05) is 14.1 Å². The van der Waals surface area contributed by atoms with Gasteiger partial charge in [-0.05, 0) is 16.7 Å². The lowest BCUT2D eigenvalue weighted by Crippen LogP contribution is -3.12. The maximum absolute atomic E-state index is 12.4. The van der Waals surface area contributed by atoms with Crippen LogP contribution in [0.15, 0.2) is 91.0 Å². The zero-order chi connectivity index (χ0) is 21.1. The first-order chi connectivity index (χ1) is 14.6. The smallest absolute Gasteiger partial charge is 0.284 e. The Kier molecular flexibility index (Phi) is 6.02. The van der Waals surface area contributed by atoms with Gasteiger partial charge < -0.3 is 4.90 Å². The molecule has 0 fully saturated rings. The molecule has 4 nitrogen and oxygen atoms in total. The first-order valence-corrected chi connectivity index (χ1v) is 11.0. The van der Waals surface area contributed by atoms with Crippen LogP contribution in [0.3, 0.4) is 0 Å². The number of nitro groups is 1. The van der Waals surface area contributed by atoms with Crippen molar-refractivity contribution >= 4 is 22.2 Å². The Balaban J connectivity index is 1.99. The van der Waals surface area contributed by atoms with E-state index in [0.29, 0.717) is 0 Å². The van der Waals surface area contributed by atoms with E-state index < -0.39 is 6.04 Å². The molecule has 152 valence electrons. The van der Waals surface area contributed by atoms with Crippen molar-refractivity contribution in [3.05, 3.63) is 118 Å². The summed E-state index contributed by atoms with van der Waals surface area (Å²) in [6, 6.07) is 29.3. The molecule has 3 atom stereocenters. The van der Waals surface area contributed by atoms with Crippen molar-refractivity contribution in [2.45, 2.75) is 17.3 Å². The molecule has 0 saturated heterocycles.